The lowest BCUT2D eigenvalue weighted by molar-refractivity contribution is -0.137. The zero-order valence-corrected chi connectivity index (χ0v) is 14.8. The number of carbonyl (C=O) groups excluding carboxylic acids is 2. The summed E-state index contributed by atoms with van der Waals surface area (Å²) in [6.45, 7) is -0.674. The molecular formula is C18H16ClN3O5. The first kappa shape index (κ1) is 18.5. The minimum atomic E-state index is -1.14. The second-order valence-electron chi connectivity index (χ2n) is 5.96. The van der Waals surface area contributed by atoms with Gasteiger partial charge in [-0.3, -0.25) is 14.5 Å². The number of nitrogens with one attached hydrogen (secondary N) is 1. The smallest absolute Gasteiger partial charge is 0.325 e. The molecule has 1 heterocycles. The molecular weight excluding hydrogens is 374 g/mol. The molecule has 3 rings (SSSR count). The van der Waals surface area contributed by atoms with E-state index in [0.29, 0.717) is 10.7 Å². The van der Waals surface area contributed by atoms with Gasteiger partial charge in [-0.25, -0.2) is 4.79 Å². The number of phenols is 1. The second-order valence-corrected chi connectivity index (χ2v) is 6.39. The van der Waals surface area contributed by atoms with Crippen molar-refractivity contribution in [2.75, 3.05) is 23.3 Å². The molecule has 1 aliphatic rings. The molecule has 2 aromatic rings. The van der Waals surface area contributed by atoms with Crippen LogP contribution in [-0.4, -0.2) is 46.1 Å². The van der Waals surface area contributed by atoms with Crippen molar-refractivity contribution in [3.63, 3.8) is 0 Å². The van der Waals surface area contributed by atoms with Crippen LogP contribution in [0.25, 0.3) is 0 Å². The van der Waals surface area contributed by atoms with Crippen LogP contribution in [0.1, 0.15) is 5.56 Å². The average molecular weight is 390 g/mol. The Morgan fingerprint density at radius 1 is 1.15 bits per heavy atom. The van der Waals surface area contributed by atoms with Crippen molar-refractivity contribution in [3.8, 4) is 5.75 Å². The number of urea groups is 1. The van der Waals surface area contributed by atoms with Gasteiger partial charge in [0.05, 0.1) is 17.9 Å². The second kappa shape index (κ2) is 7.55. The van der Waals surface area contributed by atoms with Crippen molar-refractivity contribution in [1.82, 2.24) is 4.90 Å². The zero-order chi connectivity index (χ0) is 19.6. The first-order valence-electron chi connectivity index (χ1n) is 7.99. The van der Waals surface area contributed by atoms with E-state index < -0.39 is 24.5 Å². The molecule has 0 radical (unpaired) electrons. The van der Waals surface area contributed by atoms with E-state index in [9.17, 15) is 19.5 Å². The van der Waals surface area contributed by atoms with Gasteiger partial charge in [0.15, 0.2) is 0 Å². The molecule has 3 amide bonds. The first-order valence-corrected chi connectivity index (χ1v) is 8.37. The molecule has 1 aliphatic heterocycles. The predicted octanol–water partition coefficient (Wildman–Crippen LogP) is 2.51. The molecule has 2 aromatic carbocycles. The molecule has 0 fully saturated rings. The lowest BCUT2D eigenvalue weighted by atomic mass is 10.1. The number of fused-ring (bicyclic) bond motifs is 1. The van der Waals surface area contributed by atoms with Crippen LogP contribution in [0, 0.1) is 0 Å². The number of hydrogen-bond donors (Lipinski definition) is 3. The first-order chi connectivity index (χ1) is 12.8. The molecule has 140 valence electrons. The van der Waals surface area contributed by atoms with Crippen molar-refractivity contribution in [3.05, 3.63) is 53.1 Å². The fourth-order valence-electron chi connectivity index (χ4n) is 2.84. The van der Waals surface area contributed by atoms with Crippen LogP contribution in [0.3, 0.4) is 0 Å². The molecule has 27 heavy (non-hydrogen) atoms. The maximum Gasteiger partial charge on any atom is 0.325 e. The van der Waals surface area contributed by atoms with Crippen LogP contribution >= 0.6 is 11.6 Å². The fraction of sp³-hybridized carbons (Fsp3) is 0.167. The summed E-state index contributed by atoms with van der Waals surface area (Å²) in [5.74, 6) is -1.87. The minimum absolute atomic E-state index is 0.118. The molecule has 0 aliphatic carbocycles. The van der Waals surface area contributed by atoms with Crippen LogP contribution in [0.4, 0.5) is 16.2 Å². The summed E-state index contributed by atoms with van der Waals surface area (Å²) in [7, 11) is 0. The Bertz CT molecular complexity index is 918. The molecule has 3 N–H and O–H groups in total. The van der Waals surface area contributed by atoms with E-state index >= 15 is 0 Å². The minimum Gasteiger partial charge on any atom is -0.506 e. The number of carbonyl (C=O) groups is 3. The number of rotatable bonds is 5. The fourth-order valence-corrected chi connectivity index (χ4v) is 3.01. The van der Waals surface area contributed by atoms with E-state index in [1.165, 1.54) is 23.1 Å². The Hall–Kier alpha value is -3.26. The van der Waals surface area contributed by atoms with Crippen LogP contribution < -0.4 is 10.2 Å². The number of benzene rings is 2. The van der Waals surface area contributed by atoms with Gasteiger partial charge in [-0.05, 0) is 29.8 Å². The number of hydrogen-bond acceptors (Lipinski definition) is 4. The van der Waals surface area contributed by atoms with Crippen molar-refractivity contribution in [1.29, 1.82) is 0 Å². The Kier molecular flexibility index (Phi) is 5.18. The quantitative estimate of drug-likeness (QED) is 0.680. The summed E-state index contributed by atoms with van der Waals surface area (Å²) in [6, 6.07) is 10.6. The summed E-state index contributed by atoms with van der Waals surface area (Å²) in [5, 5.41) is 21.7. The number of carboxylic acids is 1. The maximum atomic E-state index is 12.7. The molecule has 0 saturated carbocycles. The molecule has 9 heteroatoms. The lowest BCUT2D eigenvalue weighted by Crippen LogP contribution is -2.51. The Morgan fingerprint density at radius 2 is 1.89 bits per heavy atom. The summed E-state index contributed by atoms with van der Waals surface area (Å²) in [6.07, 6.45) is 0. The number of carboxylic acid groups (broad SMARTS) is 1. The molecule has 0 saturated heterocycles. The van der Waals surface area contributed by atoms with Gasteiger partial charge in [0.1, 0.15) is 18.8 Å². The van der Waals surface area contributed by atoms with Gasteiger partial charge in [0.25, 0.3) is 0 Å². The normalized spacial score (nSPS) is 13.3. The van der Waals surface area contributed by atoms with Crippen LogP contribution in [0.5, 0.6) is 5.75 Å². The van der Waals surface area contributed by atoms with Gasteiger partial charge in [-0.15, -0.1) is 0 Å². The average Bonchev–Trinajstić information content (AvgIpc) is 2.61. The largest absolute Gasteiger partial charge is 0.506 e. The molecule has 8 nitrogen and oxygen atoms in total. The Morgan fingerprint density at radius 3 is 2.63 bits per heavy atom. The number of halogens is 1. The van der Waals surface area contributed by atoms with Crippen LogP contribution in [0.2, 0.25) is 5.02 Å². The van der Waals surface area contributed by atoms with Crippen molar-refractivity contribution < 1.29 is 24.6 Å². The van der Waals surface area contributed by atoms with Crippen molar-refractivity contribution >= 4 is 40.9 Å². The van der Waals surface area contributed by atoms with Crippen molar-refractivity contribution in [2.45, 2.75) is 6.54 Å². The molecule has 0 bridgehead atoms. The van der Waals surface area contributed by atoms with E-state index in [1.807, 2.05) is 0 Å². The Balaban J connectivity index is 1.83. The highest BCUT2D eigenvalue weighted by molar-refractivity contribution is 6.31. The van der Waals surface area contributed by atoms with E-state index in [4.69, 9.17) is 16.7 Å². The van der Waals surface area contributed by atoms with Gasteiger partial charge < -0.3 is 20.4 Å². The summed E-state index contributed by atoms with van der Waals surface area (Å²) >= 11 is 5.86. The number of nitrogens with zero attached hydrogens (tertiary/aromatic N) is 2. The molecule has 0 unspecified atom stereocenters. The van der Waals surface area contributed by atoms with Gasteiger partial charge in [0.2, 0.25) is 5.91 Å². The zero-order valence-electron chi connectivity index (χ0n) is 14.1. The molecule has 0 spiro atoms. The topological polar surface area (TPSA) is 110 Å². The van der Waals surface area contributed by atoms with Gasteiger partial charge in [-0.2, -0.15) is 0 Å². The van der Waals surface area contributed by atoms with Crippen LogP contribution in [0.15, 0.2) is 42.5 Å². The number of amides is 3. The van der Waals surface area contributed by atoms with Gasteiger partial charge in [0, 0.05) is 5.02 Å². The third-order valence-corrected chi connectivity index (χ3v) is 4.24. The third kappa shape index (κ3) is 4.12. The predicted molar refractivity (Wildman–Crippen MR) is 99.0 cm³/mol. The van der Waals surface area contributed by atoms with E-state index in [2.05, 4.69) is 5.32 Å². The van der Waals surface area contributed by atoms with Crippen LogP contribution in [-0.2, 0) is 16.1 Å². The van der Waals surface area contributed by atoms with Crippen molar-refractivity contribution in [2.24, 2.45) is 0 Å². The monoisotopic (exact) mass is 389 g/mol. The number of aliphatic carboxylic acids is 1. The number of anilines is 2. The summed E-state index contributed by atoms with van der Waals surface area (Å²) in [4.78, 5) is 38.5. The highest BCUT2D eigenvalue weighted by atomic mass is 35.5. The summed E-state index contributed by atoms with van der Waals surface area (Å²) < 4.78 is 0. The molecule has 0 atom stereocenters. The number of phenolic OH excluding ortho intramolecular Hbond substituents is 1. The van der Waals surface area contributed by atoms with E-state index in [-0.39, 0.29) is 24.5 Å². The highest BCUT2D eigenvalue weighted by Crippen LogP contribution is 2.29. The highest BCUT2D eigenvalue weighted by Gasteiger charge is 2.32. The van der Waals surface area contributed by atoms with Gasteiger partial charge in [-0.1, -0.05) is 29.8 Å². The van der Waals surface area contributed by atoms with E-state index in [0.717, 1.165) is 10.5 Å². The summed E-state index contributed by atoms with van der Waals surface area (Å²) in [5.41, 5.74) is 1.39. The lowest BCUT2D eigenvalue weighted by Gasteiger charge is -2.36. The third-order valence-electron chi connectivity index (χ3n) is 4.01. The maximum absolute atomic E-state index is 12.7. The number of aromatic hydroxyl groups is 1. The Labute approximate surface area is 159 Å². The van der Waals surface area contributed by atoms with Gasteiger partial charge >= 0.3 is 12.0 Å². The number of para-hydroxylation sites is 1. The molecule has 0 aromatic heterocycles. The standard InChI is InChI=1S/C18H16ClN3O5/c19-12-5-6-15(23)13(7-12)20-16(24)9-22-14-4-2-1-3-11(14)8-21(18(22)27)10-17(25)26/h1-7,23H,8-10H2,(H,20,24)(H,25,26). The SMILES string of the molecule is O=C(O)CN1Cc2ccccc2N(CC(=O)Nc2cc(Cl)ccc2O)C1=O. The van der Waals surface area contributed by atoms with E-state index in [1.54, 1.807) is 24.3 Å².